The Hall–Kier alpha value is -1.99. The lowest BCUT2D eigenvalue weighted by molar-refractivity contribution is -0.140. The molecule has 25 heavy (non-hydrogen) atoms. The van der Waals surface area contributed by atoms with Crippen LogP contribution in [-0.4, -0.2) is 54.7 Å². The van der Waals surface area contributed by atoms with Crippen molar-refractivity contribution in [3.05, 3.63) is 36.7 Å². The van der Waals surface area contributed by atoms with Gasteiger partial charge in [0.2, 0.25) is 15.9 Å². The second-order valence-corrected chi connectivity index (χ2v) is 9.21. The van der Waals surface area contributed by atoms with E-state index in [-0.39, 0.29) is 5.91 Å². The van der Waals surface area contributed by atoms with Crippen molar-refractivity contribution in [1.29, 1.82) is 0 Å². The molecule has 3 rings (SSSR count). The van der Waals surface area contributed by atoms with Crippen LogP contribution >= 0.6 is 0 Å². The molecule has 0 radical (unpaired) electrons. The van der Waals surface area contributed by atoms with E-state index in [1.807, 2.05) is 26.8 Å². The van der Waals surface area contributed by atoms with Crippen LogP contribution in [0.1, 0.15) is 20.8 Å². The number of carbonyl (C=O) groups is 1. The molecule has 0 N–H and O–H groups in total. The van der Waals surface area contributed by atoms with Crippen molar-refractivity contribution in [1.82, 2.24) is 14.2 Å². The molecule has 0 saturated carbocycles. The first-order valence-corrected chi connectivity index (χ1v) is 9.77. The maximum Gasteiger partial charge on any atom is 0.243 e. The molecule has 7 heteroatoms. The zero-order chi connectivity index (χ0) is 18.2. The zero-order valence-corrected chi connectivity index (χ0v) is 15.6. The van der Waals surface area contributed by atoms with Crippen molar-refractivity contribution in [2.45, 2.75) is 25.7 Å². The maximum atomic E-state index is 13.1. The number of nitrogens with zero attached hydrogens (tertiary/aromatic N) is 3. The Kier molecular flexibility index (Phi) is 4.55. The molecule has 1 aliphatic rings. The highest BCUT2D eigenvalue weighted by Crippen LogP contribution is 2.26. The minimum atomic E-state index is -3.61. The van der Waals surface area contributed by atoms with Gasteiger partial charge in [0.1, 0.15) is 0 Å². The lowest BCUT2D eigenvalue weighted by Gasteiger charge is -2.37. The molecule has 6 nitrogen and oxygen atoms in total. The number of fused-ring (bicyclic) bond motifs is 1. The van der Waals surface area contributed by atoms with Gasteiger partial charge in [0.15, 0.2) is 0 Å². The maximum absolute atomic E-state index is 13.1. The summed E-state index contributed by atoms with van der Waals surface area (Å²) in [5, 5.41) is 1.47. The van der Waals surface area contributed by atoms with E-state index in [2.05, 4.69) is 4.98 Å². The highest BCUT2D eigenvalue weighted by atomic mass is 32.2. The Morgan fingerprint density at radius 2 is 1.76 bits per heavy atom. The molecule has 0 atom stereocenters. The molecule has 1 amide bonds. The Bertz CT molecular complexity index is 890. The van der Waals surface area contributed by atoms with Crippen molar-refractivity contribution in [3.63, 3.8) is 0 Å². The topological polar surface area (TPSA) is 70.6 Å². The molecule has 1 aromatic heterocycles. The molecule has 0 unspecified atom stereocenters. The summed E-state index contributed by atoms with van der Waals surface area (Å²) in [6.07, 6.45) is 3.26. The highest BCUT2D eigenvalue weighted by Gasteiger charge is 2.34. The van der Waals surface area contributed by atoms with Crippen LogP contribution in [0.5, 0.6) is 0 Å². The number of hydrogen-bond acceptors (Lipinski definition) is 4. The van der Waals surface area contributed by atoms with Gasteiger partial charge in [-0.3, -0.25) is 9.78 Å². The van der Waals surface area contributed by atoms with Gasteiger partial charge in [-0.2, -0.15) is 4.31 Å². The van der Waals surface area contributed by atoms with E-state index in [1.54, 1.807) is 35.5 Å². The van der Waals surface area contributed by atoms with E-state index in [1.165, 1.54) is 4.31 Å². The lowest BCUT2D eigenvalue weighted by Crippen LogP contribution is -2.52. The summed E-state index contributed by atoms with van der Waals surface area (Å²) >= 11 is 0. The average molecular weight is 361 g/mol. The zero-order valence-electron chi connectivity index (χ0n) is 14.8. The van der Waals surface area contributed by atoms with Gasteiger partial charge in [-0.25, -0.2) is 8.42 Å². The van der Waals surface area contributed by atoms with Crippen molar-refractivity contribution >= 4 is 26.7 Å². The van der Waals surface area contributed by atoms with Crippen LogP contribution in [0.25, 0.3) is 10.8 Å². The number of amides is 1. The van der Waals surface area contributed by atoms with Crippen LogP contribution in [0.15, 0.2) is 41.6 Å². The van der Waals surface area contributed by atoms with Crippen molar-refractivity contribution in [2.75, 3.05) is 26.2 Å². The minimum Gasteiger partial charge on any atom is -0.340 e. The summed E-state index contributed by atoms with van der Waals surface area (Å²) in [7, 11) is -3.61. The van der Waals surface area contributed by atoms with Crippen molar-refractivity contribution in [3.8, 4) is 0 Å². The largest absolute Gasteiger partial charge is 0.340 e. The second kappa shape index (κ2) is 6.38. The molecule has 1 fully saturated rings. The molecule has 134 valence electrons. The van der Waals surface area contributed by atoms with Crippen molar-refractivity contribution < 1.29 is 13.2 Å². The van der Waals surface area contributed by atoms with Crippen LogP contribution in [0.4, 0.5) is 0 Å². The summed E-state index contributed by atoms with van der Waals surface area (Å²) < 4.78 is 27.6. The Morgan fingerprint density at radius 3 is 2.40 bits per heavy atom. The van der Waals surface area contributed by atoms with Gasteiger partial charge in [-0.15, -0.1) is 0 Å². The predicted molar refractivity (Wildman–Crippen MR) is 96.5 cm³/mol. The van der Waals surface area contributed by atoms with Gasteiger partial charge >= 0.3 is 0 Å². The second-order valence-electron chi connectivity index (χ2n) is 7.30. The molecule has 1 aliphatic heterocycles. The number of benzene rings is 1. The van der Waals surface area contributed by atoms with Crippen LogP contribution in [-0.2, 0) is 14.8 Å². The quantitative estimate of drug-likeness (QED) is 0.821. The van der Waals surface area contributed by atoms with E-state index in [9.17, 15) is 13.2 Å². The fraction of sp³-hybridized carbons (Fsp3) is 0.444. The molecule has 1 saturated heterocycles. The molecule has 2 heterocycles. The molecule has 0 spiro atoms. The van der Waals surface area contributed by atoms with Gasteiger partial charge in [-0.1, -0.05) is 32.9 Å². The standard InChI is InChI=1S/C18H23N3O3S/c1-18(2,3)17(22)20-9-11-21(12-10-20)25(23,24)16-6-4-5-14-13-19-8-7-15(14)16/h4-8,13H,9-12H2,1-3H3. The third-order valence-electron chi connectivity index (χ3n) is 4.43. The number of piperazine rings is 1. The smallest absolute Gasteiger partial charge is 0.243 e. The van der Waals surface area contributed by atoms with Gasteiger partial charge in [0.05, 0.1) is 4.90 Å². The first kappa shape index (κ1) is 17.8. The van der Waals surface area contributed by atoms with Crippen LogP contribution in [0, 0.1) is 5.41 Å². The number of carbonyl (C=O) groups excluding carboxylic acids is 1. The first-order valence-electron chi connectivity index (χ1n) is 8.33. The number of hydrogen-bond donors (Lipinski definition) is 0. The van der Waals surface area contributed by atoms with Crippen LogP contribution in [0.3, 0.4) is 0 Å². The summed E-state index contributed by atoms with van der Waals surface area (Å²) in [6, 6.07) is 6.93. The molecule has 2 aromatic rings. The SMILES string of the molecule is CC(C)(C)C(=O)N1CCN(S(=O)(=O)c2cccc3cnccc23)CC1. The van der Waals surface area contributed by atoms with E-state index < -0.39 is 15.4 Å². The molecular weight excluding hydrogens is 338 g/mol. The number of pyridine rings is 1. The molecule has 0 bridgehead atoms. The first-order chi connectivity index (χ1) is 11.7. The van der Waals surface area contributed by atoms with Gasteiger partial charge in [0.25, 0.3) is 0 Å². The summed E-state index contributed by atoms with van der Waals surface area (Å²) in [5.74, 6) is 0.0563. The van der Waals surface area contributed by atoms with Gasteiger partial charge in [-0.05, 0) is 12.1 Å². The number of sulfonamides is 1. The lowest BCUT2D eigenvalue weighted by atomic mass is 9.94. The normalized spacial score (nSPS) is 17.0. The Balaban J connectivity index is 1.84. The Morgan fingerprint density at radius 1 is 1.08 bits per heavy atom. The fourth-order valence-electron chi connectivity index (χ4n) is 3.06. The average Bonchev–Trinajstić information content (AvgIpc) is 2.60. The monoisotopic (exact) mass is 361 g/mol. The van der Waals surface area contributed by atoms with E-state index in [0.717, 1.165) is 5.39 Å². The van der Waals surface area contributed by atoms with E-state index in [0.29, 0.717) is 36.5 Å². The predicted octanol–water partition coefficient (Wildman–Crippen LogP) is 2.11. The Labute approximate surface area is 148 Å². The minimum absolute atomic E-state index is 0.0563. The number of rotatable bonds is 2. The fourth-order valence-corrected chi connectivity index (χ4v) is 4.70. The molecule has 1 aromatic carbocycles. The van der Waals surface area contributed by atoms with Crippen molar-refractivity contribution in [2.24, 2.45) is 5.41 Å². The van der Waals surface area contributed by atoms with Crippen LogP contribution < -0.4 is 0 Å². The van der Waals surface area contributed by atoms with E-state index in [4.69, 9.17) is 0 Å². The molecular formula is C18H23N3O3S. The van der Waals surface area contributed by atoms with Gasteiger partial charge < -0.3 is 4.90 Å². The van der Waals surface area contributed by atoms with Crippen LogP contribution in [0.2, 0.25) is 0 Å². The highest BCUT2D eigenvalue weighted by molar-refractivity contribution is 7.89. The summed E-state index contributed by atoms with van der Waals surface area (Å²) in [5.41, 5.74) is -0.455. The third kappa shape index (κ3) is 3.39. The third-order valence-corrected chi connectivity index (χ3v) is 6.38. The molecule has 0 aliphatic carbocycles. The van der Waals surface area contributed by atoms with E-state index >= 15 is 0 Å². The van der Waals surface area contributed by atoms with Gasteiger partial charge in [0, 0.05) is 54.8 Å². The summed E-state index contributed by atoms with van der Waals surface area (Å²) in [4.78, 5) is 18.5. The number of aromatic nitrogens is 1. The summed E-state index contributed by atoms with van der Waals surface area (Å²) in [6.45, 7) is 7.09.